The molecule has 0 aromatic carbocycles. The molecule has 3 nitrogen and oxygen atoms in total. The second kappa shape index (κ2) is 5.16. The molecule has 0 spiro atoms. The highest BCUT2D eigenvalue weighted by Crippen LogP contribution is 2.21. The number of nitrogens with one attached hydrogen (secondary N) is 1. The van der Waals surface area contributed by atoms with Gasteiger partial charge in [-0.05, 0) is 22.4 Å². The number of H-pyrrole nitrogens is 1. The highest BCUT2D eigenvalue weighted by atomic mass is 79.9. The zero-order chi connectivity index (χ0) is 11.5. The van der Waals surface area contributed by atoms with Gasteiger partial charge in [0.1, 0.15) is 10.3 Å². The Morgan fingerprint density at radius 3 is 3.00 bits per heavy atom. The molecule has 6 heteroatoms. The molecule has 16 heavy (non-hydrogen) atoms. The lowest BCUT2D eigenvalue weighted by atomic mass is 10.2. The minimum absolute atomic E-state index is 0.588. The van der Waals surface area contributed by atoms with Crippen LogP contribution in [0.3, 0.4) is 0 Å². The molecule has 0 aliphatic carbocycles. The summed E-state index contributed by atoms with van der Waals surface area (Å²) in [7, 11) is 0. The van der Waals surface area contributed by atoms with E-state index in [1.54, 1.807) is 16.8 Å². The monoisotopic (exact) mass is 315 g/mol. The first-order valence-electron chi connectivity index (χ1n) is 4.89. The first-order valence-corrected chi connectivity index (χ1v) is 7.04. The average molecular weight is 316 g/mol. The van der Waals surface area contributed by atoms with Crippen LogP contribution in [0.25, 0.3) is 11.5 Å². The molecule has 0 aliphatic heterocycles. The fraction of sp³-hybridized carbons (Fsp3) is 0.300. The van der Waals surface area contributed by atoms with E-state index >= 15 is 0 Å². The molecule has 0 atom stereocenters. The van der Waals surface area contributed by atoms with Crippen molar-refractivity contribution in [3.05, 3.63) is 25.7 Å². The Bertz CT molecular complexity index is 533. The van der Waals surface area contributed by atoms with E-state index in [0.29, 0.717) is 4.64 Å². The molecule has 2 heterocycles. The maximum Gasteiger partial charge on any atom is 0.158 e. The standard InChI is InChI=1S/C10H10BrN3S2/c1-2-3-6-8(11)10(15)14-9(13-6)7-4-16-5-12-7/h4-5H,2-3H2,1H3,(H,13,14,15). The molecule has 2 aromatic heterocycles. The van der Waals surface area contributed by atoms with E-state index < -0.39 is 0 Å². The largest absolute Gasteiger partial charge is 0.341 e. The SMILES string of the molecule is CCCc1[nH]c(-c2cscn2)nc(=S)c1Br. The molecular formula is C10H10BrN3S2. The predicted octanol–water partition coefficient (Wildman–Crippen LogP) is 3.98. The number of hydrogen-bond acceptors (Lipinski definition) is 4. The second-order valence-electron chi connectivity index (χ2n) is 3.31. The van der Waals surface area contributed by atoms with Crippen LogP contribution in [0, 0.1) is 4.64 Å². The number of aryl methyl sites for hydroxylation is 1. The van der Waals surface area contributed by atoms with Crippen molar-refractivity contribution in [1.29, 1.82) is 0 Å². The maximum atomic E-state index is 5.21. The predicted molar refractivity (Wildman–Crippen MR) is 72.2 cm³/mol. The van der Waals surface area contributed by atoms with Gasteiger partial charge < -0.3 is 4.98 Å². The van der Waals surface area contributed by atoms with Gasteiger partial charge in [-0.3, -0.25) is 0 Å². The molecule has 0 amide bonds. The van der Waals surface area contributed by atoms with Gasteiger partial charge in [0.05, 0.1) is 9.98 Å². The van der Waals surface area contributed by atoms with E-state index in [0.717, 1.165) is 34.5 Å². The summed E-state index contributed by atoms with van der Waals surface area (Å²) < 4.78 is 1.48. The molecule has 0 saturated carbocycles. The van der Waals surface area contributed by atoms with Crippen LogP contribution in [0.4, 0.5) is 0 Å². The Hall–Kier alpha value is -0.590. The third kappa shape index (κ3) is 2.39. The molecule has 1 N–H and O–H groups in total. The number of rotatable bonds is 3. The third-order valence-corrected chi connectivity index (χ3v) is 4.11. The zero-order valence-corrected chi connectivity index (χ0v) is 11.9. The van der Waals surface area contributed by atoms with E-state index in [-0.39, 0.29) is 0 Å². The van der Waals surface area contributed by atoms with Gasteiger partial charge in [0.25, 0.3) is 0 Å². The van der Waals surface area contributed by atoms with Gasteiger partial charge in [-0.2, -0.15) is 0 Å². The van der Waals surface area contributed by atoms with Crippen LogP contribution in [-0.2, 0) is 6.42 Å². The number of nitrogens with zero attached hydrogens (tertiary/aromatic N) is 2. The molecule has 0 bridgehead atoms. The van der Waals surface area contributed by atoms with Gasteiger partial charge in [0, 0.05) is 11.1 Å². The van der Waals surface area contributed by atoms with Gasteiger partial charge in [0.2, 0.25) is 0 Å². The number of aromatic nitrogens is 3. The smallest absolute Gasteiger partial charge is 0.158 e. The van der Waals surface area contributed by atoms with E-state index in [1.807, 2.05) is 5.38 Å². The van der Waals surface area contributed by atoms with Gasteiger partial charge >= 0.3 is 0 Å². The molecule has 0 fully saturated rings. The van der Waals surface area contributed by atoms with Crippen LogP contribution in [0.15, 0.2) is 15.4 Å². The second-order valence-corrected chi connectivity index (χ2v) is 5.21. The lowest BCUT2D eigenvalue weighted by Gasteiger charge is -2.05. The van der Waals surface area contributed by atoms with Crippen molar-refractivity contribution >= 4 is 39.5 Å². The van der Waals surface area contributed by atoms with Crippen molar-refractivity contribution in [3.63, 3.8) is 0 Å². The minimum Gasteiger partial charge on any atom is -0.341 e. The average Bonchev–Trinajstić information content (AvgIpc) is 2.78. The van der Waals surface area contributed by atoms with Crippen LogP contribution in [0.5, 0.6) is 0 Å². The Morgan fingerprint density at radius 1 is 1.56 bits per heavy atom. The lowest BCUT2D eigenvalue weighted by molar-refractivity contribution is 0.864. The van der Waals surface area contributed by atoms with Crippen molar-refractivity contribution in [2.45, 2.75) is 19.8 Å². The summed E-state index contributed by atoms with van der Waals surface area (Å²) in [5, 5.41) is 1.96. The lowest BCUT2D eigenvalue weighted by Crippen LogP contribution is -1.98. The molecule has 2 aromatic rings. The Kier molecular flexibility index (Phi) is 3.83. The third-order valence-electron chi connectivity index (χ3n) is 2.11. The molecule has 0 unspecified atom stereocenters. The summed E-state index contributed by atoms with van der Waals surface area (Å²) in [4.78, 5) is 11.8. The van der Waals surface area contributed by atoms with E-state index in [4.69, 9.17) is 12.2 Å². The quantitative estimate of drug-likeness (QED) is 0.871. The van der Waals surface area contributed by atoms with E-state index in [9.17, 15) is 0 Å². The molecule has 0 saturated heterocycles. The fourth-order valence-corrected chi connectivity index (χ4v) is 2.52. The van der Waals surface area contributed by atoms with Crippen LogP contribution >= 0.6 is 39.5 Å². The maximum absolute atomic E-state index is 5.21. The summed E-state index contributed by atoms with van der Waals surface area (Å²) in [6, 6.07) is 0. The van der Waals surface area contributed by atoms with Crippen molar-refractivity contribution in [2.24, 2.45) is 0 Å². The van der Waals surface area contributed by atoms with Crippen LogP contribution < -0.4 is 0 Å². The molecule has 0 aliphatic rings. The number of thiazole rings is 1. The molecule has 0 radical (unpaired) electrons. The Labute approximate surface area is 111 Å². The van der Waals surface area contributed by atoms with E-state index in [1.165, 1.54) is 0 Å². The number of halogens is 1. The van der Waals surface area contributed by atoms with Crippen molar-refractivity contribution in [1.82, 2.24) is 15.0 Å². The minimum atomic E-state index is 0.588. The van der Waals surface area contributed by atoms with Crippen LogP contribution in [-0.4, -0.2) is 15.0 Å². The summed E-state index contributed by atoms with van der Waals surface area (Å²) in [5.41, 5.74) is 3.72. The van der Waals surface area contributed by atoms with Crippen LogP contribution in [0.2, 0.25) is 0 Å². The normalized spacial score (nSPS) is 10.6. The topological polar surface area (TPSA) is 41.6 Å². The highest BCUT2D eigenvalue weighted by molar-refractivity contribution is 9.10. The number of aromatic amines is 1. The number of hydrogen-bond donors (Lipinski definition) is 1. The van der Waals surface area contributed by atoms with Gasteiger partial charge in [-0.15, -0.1) is 11.3 Å². The van der Waals surface area contributed by atoms with Crippen molar-refractivity contribution in [3.8, 4) is 11.5 Å². The zero-order valence-electron chi connectivity index (χ0n) is 8.66. The first kappa shape index (κ1) is 11.9. The highest BCUT2D eigenvalue weighted by Gasteiger charge is 2.08. The molecule has 84 valence electrons. The van der Waals surface area contributed by atoms with E-state index in [2.05, 4.69) is 37.8 Å². The summed E-state index contributed by atoms with van der Waals surface area (Å²) in [6.45, 7) is 2.13. The fourth-order valence-electron chi connectivity index (χ4n) is 1.38. The summed E-state index contributed by atoms with van der Waals surface area (Å²) in [5.74, 6) is 0.748. The summed E-state index contributed by atoms with van der Waals surface area (Å²) in [6.07, 6.45) is 2.01. The Balaban J connectivity index is 2.53. The van der Waals surface area contributed by atoms with Crippen molar-refractivity contribution < 1.29 is 0 Å². The van der Waals surface area contributed by atoms with Gasteiger partial charge in [0.15, 0.2) is 5.82 Å². The first-order chi connectivity index (χ1) is 7.72. The van der Waals surface area contributed by atoms with Gasteiger partial charge in [-0.25, -0.2) is 9.97 Å². The van der Waals surface area contributed by atoms with Crippen molar-refractivity contribution in [2.75, 3.05) is 0 Å². The molecule has 2 rings (SSSR count). The summed E-state index contributed by atoms with van der Waals surface area (Å²) >= 11 is 10.2. The van der Waals surface area contributed by atoms with Gasteiger partial charge in [-0.1, -0.05) is 25.6 Å². The molecular weight excluding hydrogens is 306 g/mol. The Morgan fingerprint density at radius 2 is 2.38 bits per heavy atom. The van der Waals surface area contributed by atoms with Crippen LogP contribution in [0.1, 0.15) is 19.0 Å².